The van der Waals surface area contributed by atoms with Crippen molar-refractivity contribution < 1.29 is 36.2 Å². The minimum atomic E-state index is -4.68. The van der Waals surface area contributed by atoms with Gasteiger partial charge in [-0.1, -0.05) is 0 Å². The second kappa shape index (κ2) is 8.30. The van der Waals surface area contributed by atoms with Gasteiger partial charge in [-0.2, -0.15) is 18.3 Å². The van der Waals surface area contributed by atoms with Gasteiger partial charge in [0.05, 0.1) is 21.8 Å². The monoisotopic (exact) mass is 455 g/mol. The van der Waals surface area contributed by atoms with Gasteiger partial charge in [-0.3, -0.25) is 4.72 Å². The van der Waals surface area contributed by atoms with Crippen LogP contribution in [0.4, 0.5) is 18.9 Å². The molecule has 1 heterocycles. The Balaban J connectivity index is 1.98. The zero-order chi connectivity index (χ0) is 22.8. The molecule has 3 rings (SSSR count). The molecule has 0 atom stereocenters. The van der Waals surface area contributed by atoms with Crippen molar-refractivity contribution in [3.63, 3.8) is 0 Å². The van der Waals surface area contributed by atoms with Crippen LogP contribution in [-0.2, 0) is 21.0 Å². The largest absolute Gasteiger partial charge is 0.482 e. The number of rotatable bonds is 7. The van der Waals surface area contributed by atoms with E-state index in [0.29, 0.717) is 11.6 Å². The maximum Gasteiger partial charge on any atom is 0.416 e. The number of benzene rings is 2. The summed E-state index contributed by atoms with van der Waals surface area (Å²) in [7, 11) is -4.29. The van der Waals surface area contributed by atoms with Crippen molar-refractivity contribution >= 4 is 21.7 Å². The molecule has 0 saturated heterocycles. The van der Waals surface area contributed by atoms with Crippen LogP contribution >= 0.6 is 0 Å². The van der Waals surface area contributed by atoms with E-state index in [9.17, 15) is 26.4 Å². The lowest BCUT2D eigenvalue weighted by molar-refractivity contribution is -0.139. The van der Waals surface area contributed by atoms with Gasteiger partial charge in [-0.15, -0.1) is 0 Å². The molecule has 0 radical (unpaired) electrons. The molecule has 1 aromatic heterocycles. The zero-order valence-corrected chi connectivity index (χ0v) is 16.7. The molecule has 2 aromatic carbocycles. The summed E-state index contributed by atoms with van der Waals surface area (Å²) in [5.41, 5.74) is -0.919. The summed E-state index contributed by atoms with van der Waals surface area (Å²) < 4.78 is 73.7. The van der Waals surface area contributed by atoms with Crippen LogP contribution in [-0.4, -0.2) is 35.9 Å². The third kappa shape index (κ3) is 5.15. The Morgan fingerprint density at radius 2 is 1.97 bits per heavy atom. The second-order valence-corrected chi connectivity index (χ2v) is 8.08. The highest BCUT2D eigenvalue weighted by molar-refractivity contribution is 7.92. The molecule has 0 aliphatic rings. The molecule has 0 fully saturated rings. The third-order valence-electron chi connectivity index (χ3n) is 4.13. The quantitative estimate of drug-likeness (QED) is 0.565. The molecule has 0 amide bonds. The number of carbonyl (C=O) groups is 1. The average molecular weight is 455 g/mol. The molecule has 12 heteroatoms. The van der Waals surface area contributed by atoms with Crippen molar-refractivity contribution in [1.82, 2.24) is 9.78 Å². The summed E-state index contributed by atoms with van der Waals surface area (Å²) >= 11 is 0. The second-order valence-electron chi connectivity index (χ2n) is 6.40. The number of carboxylic acids is 1. The zero-order valence-electron chi connectivity index (χ0n) is 15.9. The van der Waals surface area contributed by atoms with Crippen molar-refractivity contribution in [2.24, 2.45) is 0 Å². The van der Waals surface area contributed by atoms with Gasteiger partial charge in [0, 0.05) is 12.4 Å². The molecular formula is C19H16F3N3O5S. The predicted octanol–water partition coefficient (Wildman–Crippen LogP) is 3.46. The van der Waals surface area contributed by atoms with Crippen LogP contribution < -0.4 is 9.46 Å². The smallest absolute Gasteiger partial charge is 0.416 e. The van der Waals surface area contributed by atoms with E-state index in [1.54, 1.807) is 0 Å². The number of alkyl halides is 3. The molecule has 0 unspecified atom stereocenters. The van der Waals surface area contributed by atoms with Crippen LogP contribution in [0.25, 0.3) is 5.69 Å². The average Bonchev–Trinajstić information content (AvgIpc) is 3.20. The first-order valence-corrected chi connectivity index (χ1v) is 10.1. The Hall–Kier alpha value is -3.54. The van der Waals surface area contributed by atoms with Crippen LogP contribution in [0, 0.1) is 6.92 Å². The summed E-state index contributed by atoms with van der Waals surface area (Å²) in [5, 5.41) is 12.6. The fourth-order valence-electron chi connectivity index (χ4n) is 2.70. The Morgan fingerprint density at radius 1 is 1.23 bits per heavy atom. The summed E-state index contributed by atoms with van der Waals surface area (Å²) in [6, 6.07) is 7.82. The Bertz CT molecular complexity index is 1210. The summed E-state index contributed by atoms with van der Waals surface area (Å²) in [5.74, 6) is -1.04. The van der Waals surface area contributed by atoms with Crippen molar-refractivity contribution in [3.8, 4) is 11.4 Å². The van der Waals surface area contributed by atoms with E-state index in [-0.39, 0.29) is 22.0 Å². The maximum atomic E-state index is 13.2. The first-order chi connectivity index (χ1) is 14.5. The molecular weight excluding hydrogens is 439 g/mol. The number of sulfonamides is 1. The van der Waals surface area contributed by atoms with Gasteiger partial charge in [-0.25, -0.2) is 17.9 Å². The minimum absolute atomic E-state index is 0.0970. The van der Waals surface area contributed by atoms with Crippen molar-refractivity contribution in [2.45, 2.75) is 18.0 Å². The summed E-state index contributed by atoms with van der Waals surface area (Å²) in [4.78, 5) is 10.4. The Kier molecular flexibility index (Phi) is 5.93. The number of hydrogen-bond donors (Lipinski definition) is 2. The first-order valence-electron chi connectivity index (χ1n) is 8.67. The number of carboxylic acid groups (broad SMARTS) is 1. The first kappa shape index (κ1) is 22.2. The maximum absolute atomic E-state index is 13.2. The number of nitrogens with one attached hydrogen (secondary N) is 1. The lowest BCUT2D eigenvalue weighted by Gasteiger charge is -2.16. The normalized spacial score (nSPS) is 11.9. The van der Waals surface area contributed by atoms with Gasteiger partial charge >= 0.3 is 12.1 Å². The lowest BCUT2D eigenvalue weighted by Crippen LogP contribution is -2.17. The number of aliphatic carboxylic acids is 1. The Morgan fingerprint density at radius 3 is 2.55 bits per heavy atom. The van der Waals surface area contributed by atoms with E-state index in [4.69, 9.17) is 9.84 Å². The molecule has 31 heavy (non-hydrogen) atoms. The van der Waals surface area contributed by atoms with E-state index >= 15 is 0 Å². The number of aryl methyl sites for hydroxylation is 1. The van der Waals surface area contributed by atoms with E-state index < -0.39 is 34.3 Å². The van der Waals surface area contributed by atoms with Crippen molar-refractivity contribution in [1.29, 1.82) is 0 Å². The Labute approximate surface area is 174 Å². The van der Waals surface area contributed by atoms with Crippen molar-refractivity contribution in [2.75, 3.05) is 11.3 Å². The fraction of sp³-hybridized carbons (Fsp3) is 0.158. The number of halogens is 3. The molecule has 0 aliphatic heterocycles. The van der Waals surface area contributed by atoms with Crippen LogP contribution in [0.2, 0.25) is 0 Å². The number of aromatic nitrogens is 2. The highest BCUT2D eigenvalue weighted by atomic mass is 32.2. The minimum Gasteiger partial charge on any atom is -0.482 e. The molecule has 0 bridgehead atoms. The third-order valence-corrected chi connectivity index (χ3v) is 5.49. The molecule has 0 saturated carbocycles. The topological polar surface area (TPSA) is 111 Å². The van der Waals surface area contributed by atoms with Crippen molar-refractivity contribution in [3.05, 3.63) is 66.0 Å². The molecule has 0 spiro atoms. The highest BCUT2D eigenvalue weighted by Gasteiger charge is 2.32. The number of hydrogen-bond acceptors (Lipinski definition) is 5. The predicted molar refractivity (Wildman–Crippen MR) is 104 cm³/mol. The van der Waals surface area contributed by atoms with Gasteiger partial charge in [0.15, 0.2) is 6.61 Å². The van der Waals surface area contributed by atoms with Crippen LogP contribution in [0.3, 0.4) is 0 Å². The molecule has 2 N–H and O–H groups in total. The number of ether oxygens (including phenoxy) is 1. The molecule has 0 aliphatic carbocycles. The van der Waals surface area contributed by atoms with Crippen LogP contribution in [0.15, 0.2) is 59.8 Å². The molecule has 8 nitrogen and oxygen atoms in total. The summed E-state index contributed by atoms with van der Waals surface area (Å²) in [6.07, 6.45) is -1.82. The van der Waals surface area contributed by atoms with Gasteiger partial charge < -0.3 is 9.84 Å². The van der Waals surface area contributed by atoms with E-state index in [0.717, 1.165) is 18.2 Å². The highest BCUT2D eigenvalue weighted by Crippen LogP contribution is 2.34. The molecule has 164 valence electrons. The van der Waals surface area contributed by atoms with Gasteiger partial charge in [0.1, 0.15) is 5.75 Å². The lowest BCUT2D eigenvalue weighted by atomic mass is 10.1. The standard InChI is InChI=1S/C19H16F3N3O5S/c1-12-9-14(4-6-17(12)30-11-18(26)27)31(28,29)24-15-10-13(19(20,21)22)3-5-16(15)25-8-2-7-23-25/h2-10,24H,11H2,1H3,(H,26,27). The summed E-state index contributed by atoms with van der Waals surface area (Å²) in [6.45, 7) is 0.901. The van der Waals surface area contributed by atoms with E-state index in [1.165, 1.54) is 42.2 Å². The van der Waals surface area contributed by atoms with E-state index in [2.05, 4.69) is 9.82 Å². The number of nitrogens with zero attached hydrogens (tertiary/aromatic N) is 2. The van der Waals surface area contributed by atoms with Gasteiger partial charge in [0.25, 0.3) is 10.0 Å². The van der Waals surface area contributed by atoms with Crippen LogP contribution in [0.1, 0.15) is 11.1 Å². The SMILES string of the molecule is Cc1cc(S(=O)(=O)Nc2cc(C(F)(F)F)ccc2-n2cccn2)ccc1OCC(=O)O. The van der Waals surface area contributed by atoms with Crippen LogP contribution in [0.5, 0.6) is 5.75 Å². The molecule has 3 aromatic rings. The number of anilines is 1. The fourth-order valence-corrected chi connectivity index (χ4v) is 3.85. The van der Waals surface area contributed by atoms with Gasteiger partial charge in [-0.05, 0) is 55.0 Å². The van der Waals surface area contributed by atoms with Gasteiger partial charge in [0.2, 0.25) is 0 Å². The van der Waals surface area contributed by atoms with E-state index in [1.807, 2.05) is 0 Å².